The van der Waals surface area contributed by atoms with Crippen LogP contribution in [0.5, 0.6) is 0 Å². The zero-order chi connectivity index (χ0) is 18.7. The van der Waals surface area contributed by atoms with Crippen LogP contribution in [-0.4, -0.2) is 37.8 Å². The van der Waals surface area contributed by atoms with E-state index in [1.165, 1.54) is 19.3 Å². The van der Waals surface area contributed by atoms with Gasteiger partial charge < -0.3 is 9.47 Å². The minimum absolute atomic E-state index is 0.118. The first-order valence-electron chi connectivity index (χ1n) is 10.3. The van der Waals surface area contributed by atoms with E-state index >= 15 is 0 Å². The molecule has 2 saturated heterocycles. The van der Waals surface area contributed by atoms with Crippen LogP contribution in [0.2, 0.25) is 0 Å². The van der Waals surface area contributed by atoms with Gasteiger partial charge in [-0.05, 0) is 31.1 Å². The van der Waals surface area contributed by atoms with Crippen molar-refractivity contribution >= 4 is 7.82 Å². The van der Waals surface area contributed by atoms with Crippen molar-refractivity contribution < 1.29 is 27.6 Å². The Morgan fingerprint density at radius 3 is 2.27 bits per heavy atom. The SMILES string of the molecule is CCC1OC(OC2CCCCC2)C(OP2(=O)OCC(C)CO2)C(C)C1C. The van der Waals surface area contributed by atoms with Crippen LogP contribution in [0.15, 0.2) is 0 Å². The number of hydrogen-bond donors (Lipinski definition) is 0. The molecule has 0 radical (unpaired) electrons. The predicted molar refractivity (Wildman–Crippen MR) is 98.8 cm³/mol. The topological polar surface area (TPSA) is 63.2 Å². The summed E-state index contributed by atoms with van der Waals surface area (Å²) >= 11 is 0. The Hall–Kier alpha value is 0.0300. The lowest BCUT2D eigenvalue weighted by atomic mass is 9.82. The number of hydrogen-bond acceptors (Lipinski definition) is 6. The van der Waals surface area contributed by atoms with E-state index in [0.717, 1.165) is 19.3 Å². The minimum atomic E-state index is -3.56. The summed E-state index contributed by atoms with van der Waals surface area (Å²) in [6.45, 7) is 9.19. The molecule has 0 N–H and O–H groups in total. The van der Waals surface area contributed by atoms with Crippen molar-refractivity contribution in [1.82, 2.24) is 0 Å². The Morgan fingerprint density at radius 1 is 1.00 bits per heavy atom. The molecule has 1 aliphatic carbocycles. The molecule has 26 heavy (non-hydrogen) atoms. The number of ether oxygens (including phenoxy) is 2. The zero-order valence-electron chi connectivity index (χ0n) is 16.6. The van der Waals surface area contributed by atoms with Gasteiger partial charge >= 0.3 is 7.82 Å². The molecule has 152 valence electrons. The standard InChI is InChI=1S/C19H35O6P/c1-5-17-14(3)15(4)18(25-26(20)21-11-13(2)12-22-26)19(24-17)23-16-9-7-6-8-10-16/h13-19H,5-12H2,1-4H3. The number of phosphoric acid groups is 1. The molecular weight excluding hydrogens is 355 g/mol. The average molecular weight is 390 g/mol. The van der Waals surface area contributed by atoms with Crippen molar-refractivity contribution in [2.45, 2.75) is 90.8 Å². The van der Waals surface area contributed by atoms with Crippen LogP contribution in [-0.2, 0) is 27.6 Å². The summed E-state index contributed by atoms with van der Waals surface area (Å²) < 4.78 is 42.4. The van der Waals surface area contributed by atoms with E-state index in [2.05, 4.69) is 20.8 Å². The summed E-state index contributed by atoms with van der Waals surface area (Å²) in [6.07, 6.45) is 6.00. The highest BCUT2D eigenvalue weighted by molar-refractivity contribution is 7.48. The fraction of sp³-hybridized carbons (Fsp3) is 1.00. The summed E-state index contributed by atoms with van der Waals surface area (Å²) in [7, 11) is -3.56. The molecule has 5 unspecified atom stereocenters. The fourth-order valence-corrected chi connectivity index (χ4v) is 5.77. The van der Waals surface area contributed by atoms with Gasteiger partial charge in [-0.3, -0.25) is 13.6 Å². The second-order valence-corrected chi connectivity index (χ2v) is 9.90. The van der Waals surface area contributed by atoms with Crippen molar-refractivity contribution in [3.05, 3.63) is 0 Å². The van der Waals surface area contributed by atoms with Crippen molar-refractivity contribution in [2.75, 3.05) is 13.2 Å². The first-order chi connectivity index (χ1) is 12.4. The molecule has 3 fully saturated rings. The fourth-order valence-electron chi connectivity index (χ4n) is 4.11. The van der Waals surface area contributed by atoms with E-state index in [1.807, 2.05) is 6.92 Å². The molecule has 0 bridgehead atoms. The molecule has 1 saturated carbocycles. The van der Waals surface area contributed by atoms with Gasteiger partial charge in [-0.15, -0.1) is 0 Å². The van der Waals surface area contributed by atoms with E-state index in [9.17, 15) is 4.57 Å². The Kier molecular flexibility index (Phi) is 7.20. The molecule has 3 rings (SSSR count). The van der Waals surface area contributed by atoms with Crippen LogP contribution in [0, 0.1) is 17.8 Å². The van der Waals surface area contributed by atoms with E-state index < -0.39 is 20.2 Å². The minimum Gasteiger partial charge on any atom is -0.347 e. The van der Waals surface area contributed by atoms with Gasteiger partial charge in [-0.1, -0.05) is 47.0 Å². The van der Waals surface area contributed by atoms with Crippen molar-refractivity contribution in [3.8, 4) is 0 Å². The third-order valence-corrected chi connectivity index (χ3v) is 7.51. The molecule has 7 heteroatoms. The Bertz CT molecular complexity index is 482. The second-order valence-electron chi connectivity index (χ2n) is 8.28. The van der Waals surface area contributed by atoms with Crippen LogP contribution in [0.4, 0.5) is 0 Å². The third-order valence-electron chi connectivity index (χ3n) is 6.08. The van der Waals surface area contributed by atoms with Crippen LogP contribution in [0.3, 0.4) is 0 Å². The molecule has 3 aliphatic rings. The van der Waals surface area contributed by atoms with Crippen molar-refractivity contribution in [2.24, 2.45) is 17.8 Å². The van der Waals surface area contributed by atoms with Crippen molar-refractivity contribution in [1.29, 1.82) is 0 Å². The van der Waals surface area contributed by atoms with Gasteiger partial charge in [0.15, 0.2) is 6.29 Å². The van der Waals surface area contributed by atoms with Crippen LogP contribution >= 0.6 is 7.82 Å². The van der Waals surface area contributed by atoms with Crippen molar-refractivity contribution in [3.63, 3.8) is 0 Å². The normalized spacial score (nSPS) is 45.5. The Labute approximate surface area is 157 Å². The van der Waals surface area contributed by atoms with Crippen LogP contribution < -0.4 is 0 Å². The zero-order valence-corrected chi connectivity index (χ0v) is 17.5. The Morgan fingerprint density at radius 2 is 1.65 bits per heavy atom. The monoisotopic (exact) mass is 390 g/mol. The largest absolute Gasteiger partial charge is 0.475 e. The van der Waals surface area contributed by atoms with Gasteiger partial charge in [-0.2, -0.15) is 0 Å². The molecule has 2 aliphatic heterocycles. The summed E-state index contributed by atoms with van der Waals surface area (Å²) in [4.78, 5) is 0. The average Bonchev–Trinajstić information content (AvgIpc) is 2.65. The number of phosphoric ester groups is 1. The maximum Gasteiger partial charge on any atom is 0.475 e. The summed E-state index contributed by atoms with van der Waals surface area (Å²) in [5.74, 6) is 0.643. The predicted octanol–water partition coefficient (Wildman–Crippen LogP) is 4.92. The summed E-state index contributed by atoms with van der Waals surface area (Å²) in [6, 6.07) is 0. The van der Waals surface area contributed by atoms with Gasteiger partial charge in [0.1, 0.15) is 6.10 Å². The van der Waals surface area contributed by atoms with E-state index in [1.54, 1.807) is 0 Å². The molecule has 0 aromatic heterocycles. The molecule has 0 spiro atoms. The first kappa shape index (κ1) is 20.8. The highest BCUT2D eigenvalue weighted by Crippen LogP contribution is 2.56. The lowest BCUT2D eigenvalue weighted by Gasteiger charge is -2.46. The number of rotatable bonds is 5. The van der Waals surface area contributed by atoms with Crippen LogP contribution in [0.1, 0.15) is 66.2 Å². The molecule has 0 aromatic carbocycles. The van der Waals surface area contributed by atoms with Crippen LogP contribution in [0.25, 0.3) is 0 Å². The third kappa shape index (κ3) is 4.89. The maximum absolute atomic E-state index is 12.9. The lowest BCUT2D eigenvalue weighted by molar-refractivity contribution is -0.283. The molecule has 2 heterocycles. The van der Waals surface area contributed by atoms with E-state index in [4.69, 9.17) is 23.0 Å². The van der Waals surface area contributed by atoms with E-state index in [-0.39, 0.29) is 30.0 Å². The van der Waals surface area contributed by atoms with Gasteiger partial charge in [0.2, 0.25) is 0 Å². The highest BCUT2D eigenvalue weighted by atomic mass is 31.2. The van der Waals surface area contributed by atoms with E-state index in [0.29, 0.717) is 13.2 Å². The Balaban J connectivity index is 1.72. The maximum atomic E-state index is 12.9. The quantitative estimate of drug-likeness (QED) is 0.621. The highest BCUT2D eigenvalue weighted by Gasteiger charge is 2.48. The molecule has 0 amide bonds. The second kappa shape index (κ2) is 9.02. The van der Waals surface area contributed by atoms with Gasteiger partial charge in [0, 0.05) is 5.92 Å². The molecule has 5 atom stereocenters. The summed E-state index contributed by atoms with van der Waals surface area (Å²) in [5, 5.41) is 0. The smallest absolute Gasteiger partial charge is 0.347 e. The van der Waals surface area contributed by atoms with Gasteiger partial charge in [0.05, 0.1) is 25.4 Å². The lowest BCUT2D eigenvalue weighted by Crippen LogP contribution is -2.52. The molecular formula is C19H35O6P. The molecule has 6 nitrogen and oxygen atoms in total. The first-order valence-corrected chi connectivity index (χ1v) is 11.8. The van der Waals surface area contributed by atoms with Gasteiger partial charge in [0.25, 0.3) is 0 Å². The summed E-state index contributed by atoms with van der Waals surface area (Å²) in [5.41, 5.74) is 0. The van der Waals surface area contributed by atoms with Gasteiger partial charge in [-0.25, -0.2) is 4.57 Å². The molecule has 0 aromatic rings.